The van der Waals surface area contributed by atoms with Crippen LogP contribution in [0.2, 0.25) is 0 Å². The van der Waals surface area contributed by atoms with E-state index in [9.17, 15) is 10.0 Å². The van der Waals surface area contributed by atoms with Gasteiger partial charge in [-0.05, 0) is 108 Å². The van der Waals surface area contributed by atoms with Gasteiger partial charge in [0.05, 0.1) is 0 Å². The maximum Gasteiger partial charge on any atom is 0.489 e. The van der Waals surface area contributed by atoms with E-state index in [4.69, 9.17) is 0 Å². The molecule has 0 bridgehead atoms. The largest absolute Gasteiger partial charge is 0.489 e. The van der Waals surface area contributed by atoms with Gasteiger partial charge in [0, 0.05) is 4.47 Å². The lowest BCUT2D eigenvalue weighted by atomic mass is 9.72. The zero-order valence-corrected chi connectivity index (χ0v) is 29.8. The minimum atomic E-state index is -1.53. The van der Waals surface area contributed by atoms with E-state index in [0.717, 1.165) is 32.7 Å². The molecule has 10 aromatic carbocycles. The highest BCUT2D eigenvalue weighted by Gasteiger charge is 2.22. The number of hydrogen-bond acceptors (Lipinski definition) is 2. The molecule has 2 N–H and O–H groups in total. The van der Waals surface area contributed by atoms with Crippen LogP contribution in [0.25, 0.3) is 86.9 Å². The van der Waals surface area contributed by atoms with Crippen molar-refractivity contribution in [3.05, 3.63) is 186 Å². The fraction of sp³-hybridized carbons (Fsp3) is 0. The van der Waals surface area contributed by atoms with E-state index < -0.39 is 7.12 Å². The summed E-state index contributed by atoms with van der Waals surface area (Å²) < 4.78 is 1.17. The van der Waals surface area contributed by atoms with Crippen LogP contribution in [0, 0.1) is 0 Å². The maximum absolute atomic E-state index is 10.1. The Morgan fingerprint density at radius 2 is 0.596 bits per heavy atom. The Morgan fingerprint density at radius 3 is 0.981 bits per heavy atom. The van der Waals surface area contributed by atoms with Crippen molar-refractivity contribution in [1.29, 1.82) is 0 Å². The molecule has 10 aromatic rings. The van der Waals surface area contributed by atoms with Crippen LogP contribution in [0.1, 0.15) is 0 Å². The van der Waals surface area contributed by atoms with Crippen LogP contribution < -0.4 is 5.46 Å². The lowest BCUT2D eigenvalue weighted by molar-refractivity contribution is 0.426. The molecule has 0 aliphatic carbocycles. The number of benzene rings is 10. The molecule has 0 aliphatic heterocycles. The number of halogens is 1. The van der Waals surface area contributed by atoms with E-state index in [1.54, 1.807) is 0 Å². The molecule has 0 heterocycles. The maximum atomic E-state index is 10.1. The summed E-state index contributed by atoms with van der Waals surface area (Å²) in [6.45, 7) is 0. The molecular formula is C48H32BBrO2. The quantitative estimate of drug-likeness (QED) is 0.140. The summed E-state index contributed by atoms with van der Waals surface area (Å²) in [6.07, 6.45) is 0. The fourth-order valence-electron chi connectivity index (χ4n) is 7.98. The molecule has 0 fully saturated rings. The van der Waals surface area contributed by atoms with Gasteiger partial charge in [-0.25, -0.2) is 0 Å². The minimum Gasteiger partial charge on any atom is -0.423 e. The van der Waals surface area contributed by atoms with Crippen LogP contribution in [0.15, 0.2) is 186 Å². The van der Waals surface area contributed by atoms with Crippen LogP contribution in [-0.2, 0) is 0 Å². The Morgan fingerprint density at radius 1 is 0.308 bits per heavy atom. The van der Waals surface area contributed by atoms with Gasteiger partial charge in [-0.3, -0.25) is 0 Å². The van der Waals surface area contributed by atoms with E-state index in [1.165, 1.54) is 58.7 Å². The third-order valence-corrected chi connectivity index (χ3v) is 11.1. The second-order valence-corrected chi connectivity index (χ2v) is 13.9. The van der Waals surface area contributed by atoms with Gasteiger partial charge >= 0.3 is 7.12 Å². The summed E-state index contributed by atoms with van der Waals surface area (Å²) in [5, 5.41) is 34.0. The van der Waals surface area contributed by atoms with Crippen molar-refractivity contribution >= 4 is 93.1 Å². The Bertz CT molecular complexity index is 2850. The Balaban J connectivity index is 0.000000139. The third-order valence-electron chi connectivity index (χ3n) is 10.2. The van der Waals surface area contributed by atoms with Crippen molar-refractivity contribution in [2.75, 3.05) is 0 Å². The predicted molar refractivity (Wildman–Crippen MR) is 226 cm³/mol. The van der Waals surface area contributed by atoms with E-state index in [2.05, 4.69) is 155 Å². The van der Waals surface area contributed by atoms with Crippen LogP contribution in [0.3, 0.4) is 0 Å². The van der Waals surface area contributed by atoms with Gasteiger partial charge in [0.1, 0.15) is 0 Å². The van der Waals surface area contributed by atoms with Crippen molar-refractivity contribution in [3.8, 4) is 22.3 Å². The first-order valence-electron chi connectivity index (χ1n) is 17.4. The Hall–Kier alpha value is -5.78. The molecule has 0 amide bonds. The second kappa shape index (κ2) is 13.4. The highest BCUT2D eigenvalue weighted by atomic mass is 79.9. The molecule has 0 saturated carbocycles. The summed E-state index contributed by atoms with van der Waals surface area (Å²) >= 11 is 3.84. The van der Waals surface area contributed by atoms with E-state index >= 15 is 0 Å². The van der Waals surface area contributed by atoms with E-state index in [1.807, 2.05) is 42.5 Å². The van der Waals surface area contributed by atoms with Gasteiger partial charge in [-0.15, -0.1) is 0 Å². The van der Waals surface area contributed by atoms with Gasteiger partial charge in [0.25, 0.3) is 0 Å². The van der Waals surface area contributed by atoms with Crippen LogP contribution >= 0.6 is 15.9 Å². The fourth-order valence-corrected chi connectivity index (χ4v) is 8.67. The SMILES string of the molecule is Brc1c2ccccc2c(-c2cccc3ccccc23)c2ccccc12.OB(O)c1c2ccccc2c(-c2cccc3ccccc23)c2ccccc12. The Kier molecular flexibility index (Phi) is 8.29. The van der Waals surface area contributed by atoms with Crippen molar-refractivity contribution in [1.82, 2.24) is 0 Å². The first-order valence-corrected chi connectivity index (χ1v) is 18.2. The molecule has 0 unspecified atom stereocenters. The van der Waals surface area contributed by atoms with Crippen LogP contribution in [-0.4, -0.2) is 17.2 Å². The topological polar surface area (TPSA) is 40.5 Å². The smallest absolute Gasteiger partial charge is 0.423 e. The van der Waals surface area contributed by atoms with Gasteiger partial charge in [-0.1, -0.05) is 182 Å². The molecular weight excluding hydrogens is 699 g/mol. The first-order chi connectivity index (χ1) is 25.6. The molecule has 0 radical (unpaired) electrons. The third kappa shape index (κ3) is 5.35. The number of hydrogen-bond donors (Lipinski definition) is 2. The minimum absolute atomic E-state index is 0.560. The van der Waals surface area contributed by atoms with Gasteiger partial charge < -0.3 is 10.0 Å². The van der Waals surface area contributed by atoms with Gasteiger partial charge in [0.2, 0.25) is 0 Å². The summed E-state index contributed by atoms with van der Waals surface area (Å²) in [7, 11) is -1.53. The second-order valence-electron chi connectivity index (χ2n) is 13.1. The summed E-state index contributed by atoms with van der Waals surface area (Å²) in [4.78, 5) is 0. The number of rotatable bonds is 3. The summed E-state index contributed by atoms with van der Waals surface area (Å²) in [6, 6.07) is 63.1. The Labute approximate surface area is 310 Å². The lowest BCUT2D eigenvalue weighted by Gasteiger charge is -2.18. The van der Waals surface area contributed by atoms with Crippen molar-refractivity contribution in [3.63, 3.8) is 0 Å². The lowest BCUT2D eigenvalue weighted by Crippen LogP contribution is -2.31. The molecule has 0 spiro atoms. The molecule has 2 nitrogen and oxygen atoms in total. The van der Waals surface area contributed by atoms with Crippen molar-refractivity contribution in [2.24, 2.45) is 0 Å². The molecule has 52 heavy (non-hydrogen) atoms. The zero-order chi connectivity index (χ0) is 35.2. The normalized spacial score (nSPS) is 11.4. The van der Waals surface area contributed by atoms with E-state index in [0.29, 0.717) is 5.46 Å². The number of fused-ring (bicyclic) bond motifs is 6. The summed E-state index contributed by atoms with van der Waals surface area (Å²) in [5.41, 5.74) is 5.44. The molecule has 246 valence electrons. The van der Waals surface area contributed by atoms with Crippen LogP contribution in [0.4, 0.5) is 0 Å². The highest BCUT2D eigenvalue weighted by molar-refractivity contribution is 9.10. The van der Waals surface area contributed by atoms with Crippen molar-refractivity contribution in [2.45, 2.75) is 0 Å². The summed E-state index contributed by atoms with van der Waals surface area (Å²) in [5.74, 6) is 0. The van der Waals surface area contributed by atoms with E-state index in [-0.39, 0.29) is 0 Å². The molecule has 0 atom stereocenters. The molecule has 0 aliphatic rings. The average molecular weight is 731 g/mol. The zero-order valence-electron chi connectivity index (χ0n) is 28.2. The van der Waals surface area contributed by atoms with Gasteiger partial charge in [-0.2, -0.15) is 0 Å². The monoisotopic (exact) mass is 730 g/mol. The first kappa shape index (κ1) is 32.2. The molecule has 0 aromatic heterocycles. The van der Waals surface area contributed by atoms with Gasteiger partial charge in [0.15, 0.2) is 0 Å². The van der Waals surface area contributed by atoms with Crippen molar-refractivity contribution < 1.29 is 10.0 Å². The van der Waals surface area contributed by atoms with Crippen LogP contribution in [0.5, 0.6) is 0 Å². The average Bonchev–Trinajstić information content (AvgIpc) is 3.20. The highest BCUT2D eigenvalue weighted by Crippen LogP contribution is 2.43. The molecule has 10 rings (SSSR count). The predicted octanol–water partition coefficient (Wildman–Crippen LogP) is 12.1. The standard InChI is InChI=1S/C24H17BO2.C24H15Br/c26-25(27)24-21-13-5-3-11-19(21)23(20-12-4-6-14-22(20)24)18-15-7-9-16-8-1-2-10-17(16)18;25-24-21-13-5-3-11-19(21)23(20-12-4-6-14-22(20)24)18-15-7-9-16-8-1-2-10-17(16)18/h1-15,26-27H;1-15H. The molecule has 4 heteroatoms. The molecule has 0 saturated heterocycles.